The van der Waals surface area contributed by atoms with Crippen LogP contribution in [-0.2, 0) is 4.74 Å². The van der Waals surface area contributed by atoms with Gasteiger partial charge in [0.05, 0.1) is 4.34 Å². The second-order valence-corrected chi connectivity index (χ2v) is 6.85. The van der Waals surface area contributed by atoms with Gasteiger partial charge in [-0.1, -0.05) is 48.0 Å². The van der Waals surface area contributed by atoms with Gasteiger partial charge < -0.3 is 10.1 Å². The van der Waals surface area contributed by atoms with Crippen molar-refractivity contribution in [2.24, 2.45) is 0 Å². The van der Waals surface area contributed by atoms with Gasteiger partial charge in [0.25, 0.3) is 5.91 Å². The highest BCUT2D eigenvalue weighted by Crippen LogP contribution is 2.28. The third-order valence-corrected chi connectivity index (χ3v) is 5.00. The van der Waals surface area contributed by atoms with Gasteiger partial charge in [0, 0.05) is 24.1 Å². The zero-order chi connectivity index (χ0) is 16.2. The molecule has 2 aromatic carbocycles. The fraction of sp³-hybridized carbons (Fsp3) is 0.167. The number of ether oxygens (including phenoxy) is 1. The van der Waals surface area contributed by atoms with Gasteiger partial charge in [0.1, 0.15) is 6.10 Å². The molecule has 5 heteroatoms. The molecule has 0 radical (unpaired) electrons. The summed E-state index contributed by atoms with van der Waals surface area (Å²) in [6.45, 7) is 0.398. The minimum absolute atomic E-state index is 0.105. The topological polar surface area (TPSA) is 38.3 Å². The van der Waals surface area contributed by atoms with Crippen LogP contribution < -0.4 is 5.32 Å². The highest BCUT2D eigenvalue weighted by Gasteiger charge is 2.16. The molecular formula is C18H16ClNO2S. The van der Waals surface area contributed by atoms with Crippen molar-refractivity contribution in [3.05, 3.63) is 69.4 Å². The van der Waals surface area contributed by atoms with Crippen LogP contribution in [0.5, 0.6) is 0 Å². The van der Waals surface area contributed by atoms with E-state index in [2.05, 4.69) is 5.32 Å². The molecule has 1 aromatic heterocycles. The average molecular weight is 346 g/mol. The van der Waals surface area contributed by atoms with Gasteiger partial charge in [-0.25, -0.2) is 0 Å². The number of amides is 1. The van der Waals surface area contributed by atoms with Crippen molar-refractivity contribution in [1.82, 2.24) is 5.32 Å². The number of hydrogen-bond donors (Lipinski definition) is 1. The Morgan fingerprint density at radius 1 is 1.17 bits per heavy atom. The quantitative estimate of drug-likeness (QED) is 0.729. The maximum absolute atomic E-state index is 12.5. The fourth-order valence-electron chi connectivity index (χ4n) is 2.51. The van der Waals surface area contributed by atoms with Crippen molar-refractivity contribution in [1.29, 1.82) is 0 Å². The lowest BCUT2D eigenvalue weighted by Crippen LogP contribution is -2.29. The van der Waals surface area contributed by atoms with E-state index >= 15 is 0 Å². The summed E-state index contributed by atoms with van der Waals surface area (Å²) in [5.74, 6) is -0.105. The molecule has 0 spiro atoms. The van der Waals surface area contributed by atoms with Crippen molar-refractivity contribution in [3.8, 4) is 0 Å². The Morgan fingerprint density at radius 3 is 2.70 bits per heavy atom. The molecule has 1 atom stereocenters. The second kappa shape index (κ2) is 7.13. The first-order valence-corrected chi connectivity index (χ1v) is 8.42. The highest BCUT2D eigenvalue weighted by atomic mass is 35.5. The normalized spacial score (nSPS) is 12.3. The number of fused-ring (bicyclic) bond motifs is 1. The summed E-state index contributed by atoms with van der Waals surface area (Å²) in [5.41, 5.74) is 0.669. The van der Waals surface area contributed by atoms with Crippen molar-refractivity contribution in [2.75, 3.05) is 13.7 Å². The Kier molecular flexibility index (Phi) is 4.96. The van der Waals surface area contributed by atoms with E-state index in [1.165, 1.54) is 11.3 Å². The van der Waals surface area contributed by atoms with Crippen LogP contribution in [0.4, 0.5) is 0 Å². The van der Waals surface area contributed by atoms with Gasteiger partial charge in [-0.3, -0.25) is 4.79 Å². The molecule has 0 bridgehead atoms. The summed E-state index contributed by atoms with van der Waals surface area (Å²) in [7, 11) is 1.63. The number of hydrogen-bond acceptors (Lipinski definition) is 3. The average Bonchev–Trinajstić information content (AvgIpc) is 3.01. The summed E-state index contributed by atoms with van der Waals surface area (Å²) in [6.07, 6.45) is -0.202. The molecule has 0 aliphatic rings. The van der Waals surface area contributed by atoms with E-state index in [0.717, 1.165) is 15.6 Å². The predicted octanol–water partition coefficient (Wildman–Crippen LogP) is 4.67. The summed E-state index contributed by atoms with van der Waals surface area (Å²) in [5, 5.41) is 4.94. The van der Waals surface area contributed by atoms with Crippen LogP contribution in [0.1, 0.15) is 21.3 Å². The van der Waals surface area contributed by atoms with E-state index in [4.69, 9.17) is 16.3 Å². The third-order valence-electron chi connectivity index (χ3n) is 3.68. The SMILES string of the molecule is COC(CNC(=O)c1cccc2ccccc12)c1ccc(Cl)s1. The Bertz CT molecular complexity index is 825. The first-order chi connectivity index (χ1) is 11.2. The van der Waals surface area contributed by atoms with Crippen LogP contribution in [0.2, 0.25) is 4.34 Å². The number of halogens is 1. The molecule has 118 valence electrons. The number of carbonyl (C=O) groups is 1. The second-order valence-electron chi connectivity index (χ2n) is 5.10. The van der Waals surface area contributed by atoms with Gasteiger partial charge >= 0.3 is 0 Å². The molecule has 1 amide bonds. The third kappa shape index (κ3) is 3.55. The molecule has 3 aromatic rings. The van der Waals surface area contributed by atoms with Crippen molar-refractivity contribution in [2.45, 2.75) is 6.10 Å². The summed E-state index contributed by atoms with van der Waals surface area (Å²) in [6, 6.07) is 17.3. The standard InChI is InChI=1S/C18H16ClNO2S/c1-22-15(16-9-10-17(19)23-16)11-20-18(21)14-8-4-6-12-5-2-3-7-13(12)14/h2-10,15H,11H2,1H3,(H,20,21). The Labute approximate surface area is 143 Å². The number of methoxy groups -OCH3 is 1. The van der Waals surface area contributed by atoms with E-state index in [1.54, 1.807) is 7.11 Å². The molecule has 0 saturated heterocycles. The Hall–Kier alpha value is -1.88. The lowest BCUT2D eigenvalue weighted by Gasteiger charge is -2.15. The molecule has 3 rings (SSSR count). The summed E-state index contributed by atoms with van der Waals surface area (Å²) in [4.78, 5) is 13.5. The summed E-state index contributed by atoms with van der Waals surface area (Å²) >= 11 is 7.42. The molecule has 1 N–H and O–H groups in total. The van der Waals surface area contributed by atoms with Gasteiger partial charge in [-0.05, 0) is 29.0 Å². The number of rotatable bonds is 5. The van der Waals surface area contributed by atoms with Gasteiger partial charge in [-0.2, -0.15) is 0 Å². The highest BCUT2D eigenvalue weighted by molar-refractivity contribution is 7.16. The molecule has 23 heavy (non-hydrogen) atoms. The minimum Gasteiger partial charge on any atom is -0.374 e. The predicted molar refractivity (Wildman–Crippen MR) is 95.4 cm³/mol. The first kappa shape index (κ1) is 16.0. The lowest BCUT2D eigenvalue weighted by molar-refractivity contribution is 0.0839. The number of thiophene rings is 1. The van der Waals surface area contributed by atoms with E-state index in [9.17, 15) is 4.79 Å². The van der Waals surface area contributed by atoms with Crippen molar-refractivity contribution < 1.29 is 9.53 Å². The molecule has 0 aliphatic heterocycles. The maximum Gasteiger partial charge on any atom is 0.252 e. The zero-order valence-corrected chi connectivity index (χ0v) is 14.2. The molecule has 3 nitrogen and oxygen atoms in total. The van der Waals surface area contributed by atoms with Crippen LogP contribution in [0.15, 0.2) is 54.6 Å². The minimum atomic E-state index is -0.202. The molecule has 0 saturated carbocycles. The molecule has 1 unspecified atom stereocenters. The van der Waals surface area contributed by atoms with E-state index in [1.807, 2.05) is 54.6 Å². The Morgan fingerprint density at radius 2 is 1.96 bits per heavy atom. The summed E-state index contributed by atoms with van der Waals surface area (Å²) < 4.78 is 6.17. The number of nitrogens with one attached hydrogen (secondary N) is 1. The smallest absolute Gasteiger partial charge is 0.252 e. The molecule has 1 heterocycles. The Balaban J connectivity index is 1.75. The van der Waals surface area contributed by atoms with E-state index < -0.39 is 0 Å². The maximum atomic E-state index is 12.5. The van der Waals surface area contributed by atoms with Crippen LogP contribution in [-0.4, -0.2) is 19.6 Å². The number of benzene rings is 2. The van der Waals surface area contributed by atoms with E-state index in [-0.39, 0.29) is 12.0 Å². The van der Waals surface area contributed by atoms with Gasteiger partial charge in [0.2, 0.25) is 0 Å². The van der Waals surface area contributed by atoms with E-state index in [0.29, 0.717) is 16.4 Å². The fourth-order valence-corrected chi connectivity index (χ4v) is 3.64. The van der Waals surface area contributed by atoms with Crippen molar-refractivity contribution >= 4 is 39.6 Å². The van der Waals surface area contributed by atoms with Gasteiger partial charge in [-0.15, -0.1) is 11.3 Å². The van der Waals surface area contributed by atoms with Crippen molar-refractivity contribution in [3.63, 3.8) is 0 Å². The molecule has 0 fully saturated rings. The molecule has 0 aliphatic carbocycles. The van der Waals surface area contributed by atoms with Crippen LogP contribution in [0, 0.1) is 0 Å². The van der Waals surface area contributed by atoms with Crippen LogP contribution in [0.3, 0.4) is 0 Å². The largest absolute Gasteiger partial charge is 0.374 e. The monoisotopic (exact) mass is 345 g/mol. The van der Waals surface area contributed by atoms with Gasteiger partial charge in [0.15, 0.2) is 0 Å². The van der Waals surface area contributed by atoms with Crippen LogP contribution in [0.25, 0.3) is 10.8 Å². The molecular weight excluding hydrogens is 330 g/mol. The number of carbonyl (C=O) groups excluding carboxylic acids is 1. The lowest BCUT2D eigenvalue weighted by atomic mass is 10.0. The first-order valence-electron chi connectivity index (χ1n) is 7.23. The zero-order valence-electron chi connectivity index (χ0n) is 12.6. The van der Waals surface area contributed by atoms with Crippen LogP contribution >= 0.6 is 22.9 Å².